The van der Waals surface area contributed by atoms with Crippen molar-refractivity contribution in [1.29, 1.82) is 0 Å². The van der Waals surface area contributed by atoms with Crippen molar-refractivity contribution in [2.24, 2.45) is 0 Å². The summed E-state index contributed by atoms with van der Waals surface area (Å²) < 4.78 is 68.6. The topological polar surface area (TPSA) is 237 Å². The van der Waals surface area contributed by atoms with Crippen LogP contribution in [-0.2, 0) is 65.4 Å². The number of carbonyl (C=O) groups is 4. The number of allylic oxidation sites excluding steroid dienone is 14. The number of aliphatic hydroxyl groups is 1. The van der Waals surface area contributed by atoms with E-state index in [-0.39, 0.29) is 25.7 Å². The summed E-state index contributed by atoms with van der Waals surface area (Å²) >= 11 is 0. The van der Waals surface area contributed by atoms with Crippen molar-refractivity contribution in [2.75, 3.05) is 39.6 Å². The van der Waals surface area contributed by atoms with Crippen LogP contribution in [0.3, 0.4) is 0 Å². The first-order chi connectivity index (χ1) is 49.7. The summed E-state index contributed by atoms with van der Waals surface area (Å²) in [4.78, 5) is 73.0. The van der Waals surface area contributed by atoms with Gasteiger partial charge in [0.2, 0.25) is 0 Å². The number of ether oxygens (including phenoxy) is 4. The van der Waals surface area contributed by atoms with Gasteiger partial charge in [-0.05, 0) is 122 Å². The Morgan fingerprint density at radius 3 is 0.794 bits per heavy atom. The molecule has 102 heavy (non-hydrogen) atoms. The molecule has 19 heteroatoms. The van der Waals surface area contributed by atoms with Gasteiger partial charge in [0.25, 0.3) is 0 Å². The zero-order valence-corrected chi connectivity index (χ0v) is 66.6. The number of carbonyl (C=O) groups excluding carboxylic acids is 4. The number of aliphatic hydroxyl groups excluding tert-OH is 1. The molecule has 592 valence electrons. The molecule has 0 aromatic rings. The molecule has 0 aliphatic carbocycles. The Hall–Kier alpha value is -3.76. The van der Waals surface area contributed by atoms with Crippen molar-refractivity contribution in [2.45, 2.75) is 380 Å². The van der Waals surface area contributed by atoms with Crippen LogP contribution in [-0.4, -0.2) is 96.7 Å². The summed E-state index contributed by atoms with van der Waals surface area (Å²) in [6, 6.07) is 0. The maximum Gasteiger partial charge on any atom is 0.472 e. The highest BCUT2D eigenvalue weighted by atomic mass is 31.2. The van der Waals surface area contributed by atoms with Gasteiger partial charge < -0.3 is 33.8 Å². The van der Waals surface area contributed by atoms with Crippen molar-refractivity contribution < 1.29 is 80.2 Å². The SMILES string of the molecule is CCC/C=C\C/C=C\CCCCCCCC(=O)OC(COC(=O)CCCCCCCCCCCCCCCCC)COP(=O)(O)OCC(O)COP(=O)(O)OCC(COC(=O)CCCCCCCC/C=C\C/C=C\C/C=C\CCCCC)OC(=O)CCCCCCC/C=C\C/C=C\CCCCC. The fraction of sp³-hybridized carbons (Fsp3) is 0.783. The fourth-order valence-electron chi connectivity index (χ4n) is 11.1. The number of rotatable bonds is 77. The van der Waals surface area contributed by atoms with E-state index in [2.05, 4.69) is 113 Å². The summed E-state index contributed by atoms with van der Waals surface area (Å²) in [7, 11) is -9.96. The van der Waals surface area contributed by atoms with Crippen LogP contribution < -0.4 is 0 Å². The maximum atomic E-state index is 13.1. The monoisotopic (exact) mass is 1480 g/mol. The third kappa shape index (κ3) is 74.5. The van der Waals surface area contributed by atoms with Crippen LogP contribution in [0.4, 0.5) is 0 Å². The van der Waals surface area contributed by atoms with Gasteiger partial charge in [0.15, 0.2) is 12.2 Å². The first-order valence-electron chi connectivity index (χ1n) is 40.8. The average molecular weight is 1480 g/mol. The molecule has 0 aliphatic heterocycles. The van der Waals surface area contributed by atoms with Crippen LogP contribution >= 0.6 is 15.6 Å². The van der Waals surface area contributed by atoms with E-state index in [1.807, 2.05) is 0 Å². The Balaban J connectivity index is 5.35. The summed E-state index contributed by atoms with van der Waals surface area (Å²) in [6.45, 7) is 4.77. The molecule has 0 saturated carbocycles. The molecule has 0 bridgehead atoms. The first-order valence-corrected chi connectivity index (χ1v) is 43.8. The highest BCUT2D eigenvalue weighted by molar-refractivity contribution is 7.47. The number of hydrogen-bond acceptors (Lipinski definition) is 15. The van der Waals surface area contributed by atoms with Crippen molar-refractivity contribution in [1.82, 2.24) is 0 Å². The minimum absolute atomic E-state index is 0.0770. The predicted molar refractivity (Wildman–Crippen MR) is 418 cm³/mol. The van der Waals surface area contributed by atoms with E-state index < -0.39 is 97.5 Å². The number of esters is 4. The normalized spacial score (nSPS) is 14.3. The zero-order valence-electron chi connectivity index (χ0n) is 64.8. The van der Waals surface area contributed by atoms with E-state index in [1.54, 1.807) is 0 Å². The predicted octanol–water partition coefficient (Wildman–Crippen LogP) is 23.8. The number of phosphoric ester groups is 2. The molecule has 0 aromatic heterocycles. The largest absolute Gasteiger partial charge is 0.472 e. The van der Waals surface area contributed by atoms with Crippen molar-refractivity contribution in [3.63, 3.8) is 0 Å². The zero-order chi connectivity index (χ0) is 74.6. The molecule has 0 saturated heterocycles. The van der Waals surface area contributed by atoms with Crippen molar-refractivity contribution in [3.8, 4) is 0 Å². The molecule has 0 fully saturated rings. The quantitative estimate of drug-likeness (QED) is 0.0169. The smallest absolute Gasteiger partial charge is 0.462 e. The minimum Gasteiger partial charge on any atom is -0.462 e. The lowest BCUT2D eigenvalue weighted by Crippen LogP contribution is -2.30. The van der Waals surface area contributed by atoms with E-state index in [0.717, 1.165) is 173 Å². The molecule has 0 aliphatic rings. The molecule has 3 N–H and O–H groups in total. The minimum atomic E-state index is -4.98. The van der Waals surface area contributed by atoms with Gasteiger partial charge in [0.05, 0.1) is 26.4 Å². The number of unbranched alkanes of at least 4 members (excludes halogenated alkanes) is 37. The van der Waals surface area contributed by atoms with Crippen LogP contribution in [0.25, 0.3) is 0 Å². The van der Waals surface area contributed by atoms with Crippen molar-refractivity contribution >= 4 is 39.5 Å². The molecule has 5 unspecified atom stereocenters. The molecular weight excluding hydrogens is 1330 g/mol. The van der Waals surface area contributed by atoms with E-state index in [4.69, 9.17) is 37.0 Å². The molecule has 0 rings (SSSR count). The second-order valence-corrected chi connectivity index (χ2v) is 30.3. The fourth-order valence-corrected chi connectivity index (χ4v) is 12.6. The van der Waals surface area contributed by atoms with Gasteiger partial charge in [0, 0.05) is 25.7 Å². The van der Waals surface area contributed by atoms with Crippen LogP contribution in [0.15, 0.2) is 85.1 Å². The standard InChI is InChI=1S/C83H148O17P2/c1-5-9-13-17-21-25-29-33-36-37-38-39-42-45-48-52-56-60-64-68-81(86)94-74-79(100-83(88)70-66-62-58-54-50-46-41-35-31-27-23-19-15-11-7-3)76-98-102(91,92)96-72-77(84)71-95-101(89,90)97-75-78(99-82(87)69-65-61-57-53-49-43-32-28-24-20-16-12-8-4)73-93-80(85)67-63-59-55-51-47-44-40-34-30-26-22-18-14-10-6-2/h16,20-21,23,25,27-28,32-33,35-36,38-39,41,77-79,84H,5-15,17-19,22,24,26,29-31,34,37,40,42-76H2,1-4H3,(H,89,90)(H,91,92)/b20-16-,25-21-,27-23-,32-28-,36-33-,39-38-,41-35-. The van der Waals surface area contributed by atoms with Crippen LogP contribution in [0.2, 0.25) is 0 Å². The van der Waals surface area contributed by atoms with Crippen LogP contribution in [0, 0.1) is 0 Å². The second-order valence-electron chi connectivity index (χ2n) is 27.4. The third-order valence-corrected chi connectivity index (χ3v) is 19.2. The lowest BCUT2D eigenvalue weighted by Gasteiger charge is -2.21. The van der Waals surface area contributed by atoms with Gasteiger partial charge in [-0.15, -0.1) is 0 Å². The Kier molecular flexibility index (Phi) is 72.7. The molecular formula is C83H148O17P2. The highest BCUT2D eigenvalue weighted by Crippen LogP contribution is 2.45. The second kappa shape index (κ2) is 75.5. The number of hydrogen-bond donors (Lipinski definition) is 3. The molecule has 0 amide bonds. The Morgan fingerprint density at radius 2 is 0.500 bits per heavy atom. The molecule has 5 atom stereocenters. The summed E-state index contributed by atoms with van der Waals surface area (Å²) in [5, 5.41) is 10.6. The first kappa shape index (κ1) is 98.2. The van der Waals surface area contributed by atoms with Gasteiger partial charge in [-0.2, -0.15) is 0 Å². The summed E-state index contributed by atoms with van der Waals surface area (Å²) in [5.74, 6) is -2.19. The van der Waals surface area contributed by atoms with E-state index in [1.165, 1.54) is 109 Å². The van der Waals surface area contributed by atoms with Crippen LogP contribution in [0.1, 0.15) is 362 Å². The van der Waals surface area contributed by atoms with E-state index in [0.29, 0.717) is 25.7 Å². The van der Waals surface area contributed by atoms with Gasteiger partial charge in [-0.3, -0.25) is 37.3 Å². The van der Waals surface area contributed by atoms with Crippen LogP contribution in [0.5, 0.6) is 0 Å². The van der Waals surface area contributed by atoms with Gasteiger partial charge in [-0.1, -0.05) is 299 Å². The third-order valence-electron chi connectivity index (χ3n) is 17.3. The van der Waals surface area contributed by atoms with Gasteiger partial charge >= 0.3 is 39.5 Å². The highest BCUT2D eigenvalue weighted by Gasteiger charge is 2.30. The molecule has 0 heterocycles. The Morgan fingerprint density at radius 1 is 0.275 bits per heavy atom. The molecule has 0 spiro atoms. The number of phosphoric acid groups is 2. The lowest BCUT2D eigenvalue weighted by molar-refractivity contribution is -0.161. The maximum absolute atomic E-state index is 13.1. The van der Waals surface area contributed by atoms with Gasteiger partial charge in [-0.25, -0.2) is 9.13 Å². The van der Waals surface area contributed by atoms with Gasteiger partial charge in [0.1, 0.15) is 19.3 Å². The Labute approximate surface area is 621 Å². The molecule has 0 radical (unpaired) electrons. The summed E-state index contributed by atoms with van der Waals surface area (Å²) in [5.41, 5.74) is 0. The Bertz CT molecular complexity index is 2260. The average Bonchev–Trinajstić information content (AvgIpc) is 0.944. The molecule has 17 nitrogen and oxygen atoms in total. The van der Waals surface area contributed by atoms with E-state index >= 15 is 0 Å². The lowest BCUT2D eigenvalue weighted by atomic mass is 10.0. The summed E-state index contributed by atoms with van der Waals surface area (Å²) in [6.07, 6.45) is 78.4. The van der Waals surface area contributed by atoms with E-state index in [9.17, 15) is 43.2 Å². The van der Waals surface area contributed by atoms with Crippen molar-refractivity contribution in [3.05, 3.63) is 85.1 Å². The molecule has 0 aromatic carbocycles.